The van der Waals surface area contributed by atoms with Gasteiger partial charge in [0.25, 0.3) is 0 Å². The van der Waals surface area contributed by atoms with E-state index < -0.39 is 17.7 Å². The van der Waals surface area contributed by atoms with E-state index in [-0.39, 0.29) is 12.1 Å². The van der Waals surface area contributed by atoms with Crippen molar-refractivity contribution in [3.05, 3.63) is 59.4 Å². The van der Waals surface area contributed by atoms with Crippen molar-refractivity contribution in [2.75, 3.05) is 12.4 Å². The molecule has 0 fully saturated rings. The summed E-state index contributed by atoms with van der Waals surface area (Å²) < 4.78 is 42.6. The highest BCUT2D eigenvalue weighted by Crippen LogP contribution is 2.29. The van der Waals surface area contributed by atoms with Gasteiger partial charge in [0, 0.05) is 12.7 Å². The number of rotatable bonds is 4. The average molecular weight is 310 g/mol. The molecule has 7 heteroatoms. The van der Waals surface area contributed by atoms with Crippen LogP contribution >= 0.6 is 0 Å². The van der Waals surface area contributed by atoms with Crippen LogP contribution < -0.4 is 5.32 Å². The number of hydrogen-bond acceptors (Lipinski definition) is 4. The molecule has 0 saturated carbocycles. The van der Waals surface area contributed by atoms with Gasteiger partial charge in [-0.15, -0.1) is 0 Å². The smallest absolute Gasteiger partial charge is 0.416 e. The lowest BCUT2D eigenvalue weighted by molar-refractivity contribution is -0.137. The summed E-state index contributed by atoms with van der Waals surface area (Å²) in [6.45, 7) is 0.125. The number of pyridine rings is 1. The molecule has 22 heavy (non-hydrogen) atoms. The monoisotopic (exact) mass is 310 g/mol. The molecule has 1 aromatic carbocycles. The second kappa shape index (κ2) is 6.46. The first-order valence-electron chi connectivity index (χ1n) is 6.34. The number of benzene rings is 1. The van der Waals surface area contributed by atoms with Crippen molar-refractivity contribution in [3.63, 3.8) is 0 Å². The molecule has 0 spiro atoms. The minimum atomic E-state index is -4.39. The second-order valence-electron chi connectivity index (χ2n) is 4.46. The Morgan fingerprint density at radius 3 is 2.77 bits per heavy atom. The van der Waals surface area contributed by atoms with Crippen LogP contribution in [0.25, 0.3) is 0 Å². The highest BCUT2D eigenvalue weighted by molar-refractivity contribution is 5.95. The molecule has 0 bridgehead atoms. The standard InChI is InChI=1S/C15H13F3N2O2/c1-22-14(21)12-5-6-19-9-13(12)20-8-10-3-2-4-11(7-10)15(16,17)18/h2-7,9,20H,8H2,1H3. The molecule has 116 valence electrons. The van der Waals surface area contributed by atoms with Gasteiger partial charge < -0.3 is 10.1 Å². The SMILES string of the molecule is COC(=O)c1ccncc1NCc1cccc(C(F)(F)F)c1. The topological polar surface area (TPSA) is 51.2 Å². The number of hydrogen-bond donors (Lipinski definition) is 1. The lowest BCUT2D eigenvalue weighted by Gasteiger charge is -2.12. The van der Waals surface area contributed by atoms with Gasteiger partial charge in [0.2, 0.25) is 0 Å². The highest BCUT2D eigenvalue weighted by atomic mass is 19.4. The molecule has 1 heterocycles. The molecule has 0 unspecified atom stereocenters. The fourth-order valence-electron chi connectivity index (χ4n) is 1.88. The van der Waals surface area contributed by atoms with E-state index in [4.69, 9.17) is 0 Å². The summed E-state index contributed by atoms with van der Waals surface area (Å²) in [4.78, 5) is 15.5. The molecule has 0 saturated heterocycles. The number of alkyl halides is 3. The van der Waals surface area contributed by atoms with Crippen molar-refractivity contribution in [2.45, 2.75) is 12.7 Å². The van der Waals surface area contributed by atoms with Gasteiger partial charge in [0.15, 0.2) is 0 Å². The molecule has 1 N–H and O–H groups in total. The highest BCUT2D eigenvalue weighted by Gasteiger charge is 2.30. The summed E-state index contributed by atoms with van der Waals surface area (Å²) in [5.74, 6) is -0.547. The van der Waals surface area contributed by atoms with E-state index in [0.717, 1.165) is 12.1 Å². The van der Waals surface area contributed by atoms with E-state index in [2.05, 4.69) is 15.0 Å². The molecule has 4 nitrogen and oxygen atoms in total. The molecule has 0 aliphatic heterocycles. The van der Waals surface area contributed by atoms with E-state index >= 15 is 0 Å². The van der Waals surface area contributed by atoms with Crippen LogP contribution in [0.2, 0.25) is 0 Å². The largest absolute Gasteiger partial charge is 0.465 e. The van der Waals surface area contributed by atoms with Gasteiger partial charge in [-0.1, -0.05) is 12.1 Å². The van der Waals surface area contributed by atoms with E-state index in [1.54, 1.807) is 6.07 Å². The quantitative estimate of drug-likeness (QED) is 0.878. The minimum absolute atomic E-state index is 0.125. The number of nitrogens with zero attached hydrogens (tertiary/aromatic N) is 1. The first-order valence-corrected chi connectivity index (χ1v) is 6.34. The lowest BCUT2D eigenvalue weighted by Crippen LogP contribution is -2.10. The maximum Gasteiger partial charge on any atom is 0.416 e. The first-order chi connectivity index (χ1) is 10.4. The number of aromatic nitrogens is 1. The van der Waals surface area contributed by atoms with Crippen LogP contribution in [-0.2, 0) is 17.5 Å². The van der Waals surface area contributed by atoms with Gasteiger partial charge in [0.1, 0.15) is 0 Å². The number of ether oxygens (including phenoxy) is 1. The van der Waals surface area contributed by atoms with Crippen LogP contribution in [0.15, 0.2) is 42.7 Å². The lowest BCUT2D eigenvalue weighted by atomic mass is 10.1. The number of carbonyl (C=O) groups is 1. The summed E-state index contributed by atoms with van der Waals surface area (Å²) in [6, 6.07) is 6.44. The molecule has 0 radical (unpaired) electrons. The van der Waals surface area contributed by atoms with Gasteiger partial charge >= 0.3 is 12.1 Å². The second-order valence-corrected chi connectivity index (χ2v) is 4.46. The van der Waals surface area contributed by atoms with Crippen molar-refractivity contribution in [3.8, 4) is 0 Å². The van der Waals surface area contributed by atoms with Crippen LogP contribution in [0.5, 0.6) is 0 Å². The Bertz CT molecular complexity index is 672. The summed E-state index contributed by atoms with van der Waals surface area (Å²) in [7, 11) is 1.25. The Kier molecular flexibility index (Phi) is 4.65. The number of nitrogens with one attached hydrogen (secondary N) is 1. The van der Waals surface area contributed by atoms with Crippen LogP contribution in [0.1, 0.15) is 21.5 Å². The molecule has 0 aliphatic rings. The van der Waals surface area contributed by atoms with E-state index in [0.29, 0.717) is 11.3 Å². The van der Waals surface area contributed by atoms with E-state index in [1.165, 1.54) is 31.6 Å². The van der Waals surface area contributed by atoms with Gasteiger partial charge in [0.05, 0.1) is 30.1 Å². The van der Waals surface area contributed by atoms with Gasteiger partial charge in [-0.2, -0.15) is 13.2 Å². The number of halogens is 3. The first kappa shape index (κ1) is 15.8. The summed E-state index contributed by atoms with van der Waals surface area (Å²) in [5.41, 5.74) is 0.386. The molecular weight excluding hydrogens is 297 g/mol. The molecule has 1 aromatic heterocycles. The maximum absolute atomic E-state index is 12.7. The zero-order valence-electron chi connectivity index (χ0n) is 11.6. The fourth-order valence-corrected chi connectivity index (χ4v) is 1.88. The van der Waals surface area contributed by atoms with Crippen LogP contribution in [0, 0.1) is 0 Å². The van der Waals surface area contributed by atoms with Gasteiger partial charge in [-0.25, -0.2) is 4.79 Å². The molecule has 0 amide bonds. The predicted octanol–water partition coefficient (Wildman–Crippen LogP) is 3.50. The average Bonchev–Trinajstić information content (AvgIpc) is 2.52. The third kappa shape index (κ3) is 3.75. The molecular formula is C15H13F3N2O2. The Balaban J connectivity index is 2.16. The Labute approximate surface area is 124 Å². The van der Waals surface area contributed by atoms with Crippen molar-refractivity contribution in [1.29, 1.82) is 0 Å². The fraction of sp³-hybridized carbons (Fsp3) is 0.200. The maximum atomic E-state index is 12.7. The molecule has 2 aromatic rings. The van der Waals surface area contributed by atoms with Crippen molar-refractivity contribution >= 4 is 11.7 Å². The summed E-state index contributed by atoms with van der Waals surface area (Å²) >= 11 is 0. The zero-order chi connectivity index (χ0) is 16.2. The van der Waals surface area contributed by atoms with Gasteiger partial charge in [-0.3, -0.25) is 4.98 Å². The predicted molar refractivity (Wildman–Crippen MR) is 74.3 cm³/mol. The summed E-state index contributed by atoms with van der Waals surface area (Å²) in [6.07, 6.45) is -1.54. The Hall–Kier alpha value is -2.57. The zero-order valence-corrected chi connectivity index (χ0v) is 11.6. The van der Waals surface area contributed by atoms with Gasteiger partial charge in [-0.05, 0) is 23.8 Å². The van der Waals surface area contributed by atoms with Crippen LogP contribution in [0.3, 0.4) is 0 Å². The minimum Gasteiger partial charge on any atom is -0.465 e. The Morgan fingerprint density at radius 1 is 1.32 bits per heavy atom. The van der Waals surface area contributed by atoms with Crippen LogP contribution in [0.4, 0.5) is 18.9 Å². The third-order valence-electron chi connectivity index (χ3n) is 2.96. The third-order valence-corrected chi connectivity index (χ3v) is 2.96. The molecule has 0 atom stereocenters. The number of esters is 1. The Morgan fingerprint density at radius 2 is 2.09 bits per heavy atom. The van der Waals surface area contributed by atoms with Crippen molar-refractivity contribution in [1.82, 2.24) is 4.98 Å². The number of anilines is 1. The van der Waals surface area contributed by atoms with Crippen LogP contribution in [-0.4, -0.2) is 18.1 Å². The normalized spacial score (nSPS) is 11.1. The molecule has 0 aliphatic carbocycles. The van der Waals surface area contributed by atoms with E-state index in [1.807, 2.05) is 0 Å². The number of methoxy groups -OCH3 is 1. The van der Waals surface area contributed by atoms with Crippen molar-refractivity contribution in [2.24, 2.45) is 0 Å². The number of carbonyl (C=O) groups excluding carboxylic acids is 1. The van der Waals surface area contributed by atoms with Crippen molar-refractivity contribution < 1.29 is 22.7 Å². The van der Waals surface area contributed by atoms with E-state index in [9.17, 15) is 18.0 Å². The molecule has 2 rings (SSSR count). The summed E-state index contributed by atoms with van der Waals surface area (Å²) in [5, 5.41) is 2.89.